The van der Waals surface area contributed by atoms with Crippen molar-refractivity contribution in [2.75, 3.05) is 26.5 Å². The predicted octanol–water partition coefficient (Wildman–Crippen LogP) is 2.34. The van der Waals surface area contributed by atoms with Crippen molar-refractivity contribution < 1.29 is 22.3 Å². The average molecular weight is 352 g/mol. The topological polar surface area (TPSA) is 75.7 Å². The zero-order chi connectivity index (χ0) is 17.9. The van der Waals surface area contributed by atoms with Gasteiger partial charge in [-0.1, -0.05) is 12.1 Å². The van der Waals surface area contributed by atoms with E-state index in [1.807, 2.05) is 0 Å². The Morgan fingerprint density at radius 2 is 1.83 bits per heavy atom. The lowest BCUT2D eigenvalue weighted by molar-refractivity contribution is 0.102. The highest BCUT2D eigenvalue weighted by atomic mass is 32.2. The molecule has 2 rings (SSSR count). The van der Waals surface area contributed by atoms with Crippen LogP contribution >= 0.6 is 0 Å². The molecule has 24 heavy (non-hydrogen) atoms. The van der Waals surface area contributed by atoms with Gasteiger partial charge in [-0.25, -0.2) is 17.1 Å². The number of nitrogens with zero attached hydrogens (tertiary/aromatic N) is 1. The van der Waals surface area contributed by atoms with Crippen LogP contribution in [0.25, 0.3) is 0 Å². The minimum absolute atomic E-state index is 0.168. The van der Waals surface area contributed by atoms with Gasteiger partial charge in [0.15, 0.2) is 0 Å². The van der Waals surface area contributed by atoms with Crippen LogP contribution in [-0.2, 0) is 10.0 Å². The maximum Gasteiger partial charge on any atom is 0.258 e. The van der Waals surface area contributed by atoms with Crippen LogP contribution in [0.3, 0.4) is 0 Å². The summed E-state index contributed by atoms with van der Waals surface area (Å²) in [5.74, 6) is -1.18. The SMILES string of the molecule is COc1ccccc1NC(=O)c1cc(S(=O)(=O)N(C)C)ccc1F. The third-order valence-corrected chi connectivity index (χ3v) is 5.13. The molecule has 0 fully saturated rings. The highest BCUT2D eigenvalue weighted by molar-refractivity contribution is 7.89. The lowest BCUT2D eigenvalue weighted by atomic mass is 10.2. The summed E-state index contributed by atoms with van der Waals surface area (Å²) in [5.41, 5.74) is -0.0194. The molecule has 0 aliphatic rings. The minimum atomic E-state index is -3.77. The molecule has 0 spiro atoms. The minimum Gasteiger partial charge on any atom is -0.495 e. The van der Waals surface area contributed by atoms with Crippen molar-refractivity contribution in [2.45, 2.75) is 4.90 Å². The van der Waals surface area contributed by atoms with Gasteiger partial charge in [0.1, 0.15) is 11.6 Å². The summed E-state index contributed by atoms with van der Waals surface area (Å²) in [6.07, 6.45) is 0. The molecule has 0 saturated heterocycles. The lowest BCUT2D eigenvalue weighted by Gasteiger charge is -2.13. The lowest BCUT2D eigenvalue weighted by Crippen LogP contribution is -2.23. The van der Waals surface area contributed by atoms with Crippen LogP contribution in [0, 0.1) is 5.82 Å². The normalized spacial score (nSPS) is 11.4. The second-order valence-electron chi connectivity index (χ2n) is 5.08. The Labute approximate surface area is 139 Å². The zero-order valence-electron chi connectivity index (χ0n) is 13.4. The molecule has 0 unspecified atom stereocenters. The Bertz CT molecular complexity index is 866. The molecule has 1 N–H and O–H groups in total. The van der Waals surface area contributed by atoms with E-state index in [4.69, 9.17) is 4.74 Å². The van der Waals surface area contributed by atoms with Crippen LogP contribution in [0.1, 0.15) is 10.4 Å². The van der Waals surface area contributed by atoms with E-state index in [1.54, 1.807) is 24.3 Å². The molecule has 1 amide bonds. The second-order valence-corrected chi connectivity index (χ2v) is 7.24. The molecule has 0 bridgehead atoms. The standard InChI is InChI=1S/C16H17FN2O4S/c1-19(2)24(21,22)11-8-9-13(17)12(10-11)16(20)18-14-6-4-5-7-15(14)23-3/h4-10H,1-3H3,(H,18,20). The van der Waals surface area contributed by atoms with Gasteiger partial charge in [-0.2, -0.15) is 0 Å². The molecule has 2 aromatic carbocycles. The molecule has 2 aromatic rings. The smallest absolute Gasteiger partial charge is 0.258 e. The van der Waals surface area contributed by atoms with Gasteiger partial charge in [0.2, 0.25) is 10.0 Å². The largest absolute Gasteiger partial charge is 0.495 e. The molecular weight excluding hydrogens is 335 g/mol. The number of ether oxygens (including phenoxy) is 1. The fourth-order valence-corrected chi connectivity index (χ4v) is 2.92. The third-order valence-electron chi connectivity index (χ3n) is 3.32. The molecule has 6 nitrogen and oxygen atoms in total. The Hall–Kier alpha value is -2.45. The summed E-state index contributed by atoms with van der Waals surface area (Å²) in [5, 5.41) is 2.51. The van der Waals surface area contributed by atoms with Crippen molar-refractivity contribution in [3.63, 3.8) is 0 Å². The van der Waals surface area contributed by atoms with Crippen molar-refractivity contribution in [2.24, 2.45) is 0 Å². The molecule has 128 valence electrons. The number of hydrogen-bond acceptors (Lipinski definition) is 4. The van der Waals surface area contributed by atoms with E-state index < -0.39 is 21.7 Å². The van der Waals surface area contributed by atoms with Crippen molar-refractivity contribution in [3.8, 4) is 5.75 Å². The second kappa shape index (κ2) is 6.98. The first-order chi connectivity index (χ1) is 11.3. The van der Waals surface area contributed by atoms with Gasteiger partial charge in [-0.3, -0.25) is 4.79 Å². The van der Waals surface area contributed by atoms with Crippen LogP contribution in [0.2, 0.25) is 0 Å². The monoisotopic (exact) mass is 352 g/mol. The first-order valence-corrected chi connectivity index (χ1v) is 8.38. The number of anilines is 1. The fraction of sp³-hybridized carbons (Fsp3) is 0.188. The summed E-state index contributed by atoms with van der Waals surface area (Å²) in [6, 6.07) is 9.71. The number of carbonyl (C=O) groups is 1. The third kappa shape index (κ3) is 3.55. The molecule has 0 aliphatic heterocycles. The Morgan fingerprint density at radius 1 is 1.17 bits per heavy atom. The Balaban J connectivity index is 2.40. The predicted molar refractivity (Wildman–Crippen MR) is 88.2 cm³/mol. The van der Waals surface area contributed by atoms with Gasteiger partial charge in [0, 0.05) is 14.1 Å². The first kappa shape index (κ1) is 17.9. The van der Waals surface area contributed by atoms with Gasteiger partial charge in [-0.05, 0) is 30.3 Å². The maximum absolute atomic E-state index is 14.0. The zero-order valence-corrected chi connectivity index (χ0v) is 14.2. The highest BCUT2D eigenvalue weighted by Crippen LogP contribution is 2.25. The summed E-state index contributed by atoms with van der Waals surface area (Å²) < 4.78 is 44.4. The molecule has 0 saturated carbocycles. The molecule has 8 heteroatoms. The fourth-order valence-electron chi connectivity index (χ4n) is 1.99. The van der Waals surface area contributed by atoms with E-state index in [0.29, 0.717) is 11.4 Å². The molecule has 0 atom stereocenters. The molecule has 0 radical (unpaired) electrons. The maximum atomic E-state index is 14.0. The van der Waals surface area contributed by atoms with Gasteiger partial charge in [-0.15, -0.1) is 0 Å². The van der Waals surface area contributed by atoms with Gasteiger partial charge < -0.3 is 10.1 Å². The molecule has 0 aromatic heterocycles. The quantitative estimate of drug-likeness (QED) is 0.896. The number of para-hydroxylation sites is 2. The van der Waals surface area contributed by atoms with E-state index in [1.165, 1.54) is 21.2 Å². The van der Waals surface area contributed by atoms with Crippen LogP contribution in [0.5, 0.6) is 5.75 Å². The van der Waals surface area contributed by atoms with Crippen LogP contribution in [0.4, 0.5) is 10.1 Å². The average Bonchev–Trinajstić information content (AvgIpc) is 2.55. The molecular formula is C16H17FN2O4S. The number of halogens is 1. The molecule has 0 aliphatic carbocycles. The summed E-state index contributed by atoms with van der Waals surface area (Å²) in [4.78, 5) is 12.2. The van der Waals surface area contributed by atoms with Crippen molar-refractivity contribution in [1.82, 2.24) is 4.31 Å². The van der Waals surface area contributed by atoms with Crippen molar-refractivity contribution >= 4 is 21.6 Å². The number of methoxy groups -OCH3 is 1. The summed E-state index contributed by atoms with van der Waals surface area (Å²) in [6.45, 7) is 0. The number of sulfonamides is 1. The van der Waals surface area contributed by atoms with Gasteiger partial charge in [0.25, 0.3) is 5.91 Å². The molecule has 0 heterocycles. The Morgan fingerprint density at radius 3 is 2.46 bits per heavy atom. The number of hydrogen-bond donors (Lipinski definition) is 1. The van der Waals surface area contributed by atoms with E-state index in [-0.39, 0.29) is 10.5 Å². The van der Waals surface area contributed by atoms with E-state index >= 15 is 0 Å². The van der Waals surface area contributed by atoms with Crippen molar-refractivity contribution in [3.05, 3.63) is 53.8 Å². The van der Waals surface area contributed by atoms with E-state index in [2.05, 4.69) is 5.32 Å². The number of rotatable bonds is 5. The summed E-state index contributed by atoms with van der Waals surface area (Å²) >= 11 is 0. The van der Waals surface area contributed by atoms with Crippen molar-refractivity contribution in [1.29, 1.82) is 0 Å². The number of benzene rings is 2. The number of carbonyl (C=O) groups excluding carboxylic acids is 1. The van der Waals surface area contributed by atoms with Crippen LogP contribution in [-0.4, -0.2) is 39.8 Å². The number of amides is 1. The van der Waals surface area contributed by atoms with Crippen LogP contribution in [0.15, 0.2) is 47.4 Å². The van der Waals surface area contributed by atoms with E-state index in [0.717, 1.165) is 22.5 Å². The highest BCUT2D eigenvalue weighted by Gasteiger charge is 2.21. The van der Waals surface area contributed by atoms with Gasteiger partial charge in [0.05, 0.1) is 23.3 Å². The summed E-state index contributed by atoms with van der Waals surface area (Å²) in [7, 11) is 0.376. The first-order valence-electron chi connectivity index (χ1n) is 6.94. The van der Waals surface area contributed by atoms with Gasteiger partial charge >= 0.3 is 0 Å². The Kier molecular flexibility index (Phi) is 5.20. The van der Waals surface area contributed by atoms with Crippen LogP contribution < -0.4 is 10.1 Å². The van der Waals surface area contributed by atoms with E-state index in [9.17, 15) is 17.6 Å². The number of nitrogens with one attached hydrogen (secondary N) is 1.